The number of rotatable bonds is 4. The van der Waals surface area contributed by atoms with Crippen LogP contribution in [0.3, 0.4) is 0 Å². The molecule has 5 rings (SSSR count). The van der Waals surface area contributed by atoms with Gasteiger partial charge in [0.15, 0.2) is 0 Å². The van der Waals surface area contributed by atoms with Crippen molar-refractivity contribution in [3.63, 3.8) is 0 Å². The third kappa shape index (κ3) is 3.27. The molecule has 0 atom stereocenters. The lowest BCUT2D eigenvalue weighted by molar-refractivity contribution is 0.873. The van der Waals surface area contributed by atoms with Gasteiger partial charge in [0.1, 0.15) is 5.82 Å². The lowest BCUT2D eigenvalue weighted by atomic mass is 10.2. The smallest absolute Gasteiger partial charge is 0.241 e. The van der Waals surface area contributed by atoms with Gasteiger partial charge in [-0.15, -0.1) is 0 Å². The number of anilines is 3. The van der Waals surface area contributed by atoms with Crippen molar-refractivity contribution < 1.29 is 0 Å². The Bertz CT molecular complexity index is 1280. The second-order valence-electron chi connectivity index (χ2n) is 6.69. The van der Waals surface area contributed by atoms with Crippen molar-refractivity contribution in [1.29, 1.82) is 0 Å². The highest BCUT2D eigenvalue weighted by molar-refractivity contribution is 6.28. The fourth-order valence-corrected chi connectivity index (χ4v) is 3.61. The lowest BCUT2D eigenvalue weighted by Gasteiger charge is -2.23. The Morgan fingerprint density at radius 3 is 1.97 bits per heavy atom. The van der Waals surface area contributed by atoms with Crippen molar-refractivity contribution in [2.45, 2.75) is 6.92 Å². The predicted octanol–water partition coefficient (Wildman–Crippen LogP) is 5.64. The minimum Gasteiger partial charge on any atom is -0.279 e. The number of hydrogen-bond donors (Lipinski definition) is 0. The summed E-state index contributed by atoms with van der Waals surface area (Å²) in [5, 5.41) is 0.115. The van der Waals surface area contributed by atoms with Crippen molar-refractivity contribution in [3.8, 4) is 5.95 Å². The number of hydrogen-bond acceptors (Lipinski definition) is 5. The van der Waals surface area contributed by atoms with Gasteiger partial charge in [-0.3, -0.25) is 9.47 Å². The number of nitrogens with zero attached hydrogens (tertiary/aromatic N) is 6. The summed E-state index contributed by atoms with van der Waals surface area (Å²) < 4.78 is 1.89. The molecule has 0 spiro atoms. The van der Waals surface area contributed by atoms with Crippen molar-refractivity contribution >= 4 is 40.0 Å². The summed E-state index contributed by atoms with van der Waals surface area (Å²) in [5.74, 6) is 1.63. The minimum absolute atomic E-state index is 0.115. The molecular weight excluding hydrogens is 396 g/mol. The number of imidazole rings is 1. The lowest BCUT2D eigenvalue weighted by Crippen LogP contribution is -2.16. The molecule has 30 heavy (non-hydrogen) atoms. The van der Waals surface area contributed by atoms with Crippen LogP contribution < -0.4 is 4.90 Å². The third-order valence-electron chi connectivity index (χ3n) is 4.74. The van der Waals surface area contributed by atoms with Gasteiger partial charge in [-0.2, -0.15) is 15.0 Å². The van der Waals surface area contributed by atoms with Crippen LogP contribution in [0.5, 0.6) is 0 Å². The number of fused-ring (bicyclic) bond motifs is 1. The number of aryl methyl sites for hydroxylation is 1. The van der Waals surface area contributed by atoms with E-state index in [1.54, 1.807) is 0 Å². The molecule has 0 fully saturated rings. The molecule has 0 aliphatic carbocycles. The minimum atomic E-state index is 0.115. The molecule has 0 aliphatic rings. The van der Waals surface area contributed by atoms with Gasteiger partial charge in [0.25, 0.3) is 0 Å². The second kappa shape index (κ2) is 7.57. The maximum Gasteiger partial charge on any atom is 0.241 e. The van der Waals surface area contributed by atoms with Crippen LogP contribution in [0.1, 0.15) is 5.82 Å². The summed E-state index contributed by atoms with van der Waals surface area (Å²) in [6, 6.07) is 27.7. The van der Waals surface area contributed by atoms with E-state index >= 15 is 0 Å². The molecule has 3 aromatic carbocycles. The van der Waals surface area contributed by atoms with E-state index in [0.717, 1.165) is 28.2 Å². The first-order valence-electron chi connectivity index (χ1n) is 9.47. The number of para-hydroxylation sites is 4. The molecule has 0 bridgehead atoms. The zero-order chi connectivity index (χ0) is 20.5. The van der Waals surface area contributed by atoms with E-state index in [2.05, 4.69) is 15.0 Å². The van der Waals surface area contributed by atoms with Crippen LogP contribution in [0.25, 0.3) is 17.0 Å². The summed E-state index contributed by atoms with van der Waals surface area (Å²) >= 11 is 6.37. The molecule has 0 N–H and O–H groups in total. The zero-order valence-electron chi connectivity index (χ0n) is 16.1. The first-order valence-corrected chi connectivity index (χ1v) is 9.85. The monoisotopic (exact) mass is 412 g/mol. The number of benzene rings is 3. The fraction of sp³-hybridized carbons (Fsp3) is 0.0435. The van der Waals surface area contributed by atoms with Crippen molar-refractivity contribution in [3.05, 3.63) is 96.0 Å². The highest BCUT2D eigenvalue weighted by Gasteiger charge is 2.19. The summed E-state index contributed by atoms with van der Waals surface area (Å²) in [6.07, 6.45) is 0. The predicted molar refractivity (Wildman–Crippen MR) is 119 cm³/mol. The Morgan fingerprint density at radius 1 is 0.700 bits per heavy atom. The average molecular weight is 413 g/mol. The Hall–Kier alpha value is -3.77. The Kier molecular flexibility index (Phi) is 4.61. The number of halogens is 1. The fourth-order valence-electron chi connectivity index (χ4n) is 3.46. The van der Waals surface area contributed by atoms with E-state index < -0.39 is 0 Å². The van der Waals surface area contributed by atoms with Crippen LogP contribution in [0.4, 0.5) is 17.3 Å². The molecule has 146 valence electrons. The summed E-state index contributed by atoms with van der Waals surface area (Å²) in [4.78, 5) is 20.2. The first-order chi connectivity index (χ1) is 14.7. The molecule has 0 amide bonds. The van der Waals surface area contributed by atoms with E-state index in [1.807, 2.05) is 101 Å². The van der Waals surface area contributed by atoms with Crippen molar-refractivity contribution in [1.82, 2.24) is 24.5 Å². The molecule has 0 saturated carbocycles. The van der Waals surface area contributed by atoms with Crippen LogP contribution in [-0.4, -0.2) is 24.5 Å². The quantitative estimate of drug-likeness (QED) is 0.382. The summed E-state index contributed by atoms with van der Waals surface area (Å²) in [6.45, 7) is 1.92. The largest absolute Gasteiger partial charge is 0.279 e. The Balaban J connectivity index is 1.72. The van der Waals surface area contributed by atoms with Gasteiger partial charge in [-0.1, -0.05) is 48.5 Å². The van der Waals surface area contributed by atoms with Crippen LogP contribution in [0.15, 0.2) is 84.9 Å². The van der Waals surface area contributed by atoms with Crippen LogP contribution in [0, 0.1) is 6.92 Å². The average Bonchev–Trinajstić information content (AvgIpc) is 3.11. The Morgan fingerprint density at radius 2 is 1.30 bits per heavy atom. The van der Waals surface area contributed by atoms with E-state index in [1.165, 1.54) is 0 Å². The molecule has 6 nitrogen and oxygen atoms in total. The van der Waals surface area contributed by atoms with Gasteiger partial charge in [-0.25, -0.2) is 4.98 Å². The second-order valence-corrected chi connectivity index (χ2v) is 7.03. The molecule has 0 saturated heterocycles. The standard InChI is InChI=1S/C23H17ClN6/c1-16-25-19-14-8-9-15-20(19)29(16)22-26-21(24)27-23(28-22)30(17-10-4-2-5-11-17)18-12-6-3-7-13-18/h2-15H,1H3. The molecule has 5 aromatic rings. The molecule has 2 heterocycles. The molecule has 0 unspecified atom stereocenters. The van der Waals surface area contributed by atoms with Crippen LogP contribution in [0.2, 0.25) is 5.28 Å². The van der Waals surface area contributed by atoms with Crippen molar-refractivity contribution in [2.75, 3.05) is 4.90 Å². The summed E-state index contributed by atoms with van der Waals surface area (Å²) in [7, 11) is 0. The van der Waals surface area contributed by atoms with E-state index in [9.17, 15) is 0 Å². The third-order valence-corrected chi connectivity index (χ3v) is 4.91. The first kappa shape index (κ1) is 18.3. The normalized spacial score (nSPS) is 11.0. The SMILES string of the molecule is Cc1nc2ccccc2n1-c1nc(Cl)nc(N(c2ccccc2)c2ccccc2)n1. The van der Waals surface area contributed by atoms with Crippen LogP contribution in [-0.2, 0) is 0 Å². The van der Waals surface area contributed by atoms with Crippen LogP contribution >= 0.6 is 11.6 Å². The van der Waals surface area contributed by atoms with Crippen molar-refractivity contribution in [2.24, 2.45) is 0 Å². The van der Waals surface area contributed by atoms with E-state index in [-0.39, 0.29) is 5.28 Å². The van der Waals surface area contributed by atoms with E-state index in [4.69, 9.17) is 16.6 Å². The zero-order valence-corrected chi connectivity index (χ0v) is 16.9. The molecule has 0 radical (unpaired) electrons. The van der Waals surface area contributed by atoms with Gasteiger partial charge in [-0.05, 0) is 54.9 Å². The maximum absolute atomic E-state index is 6.37. The van der Waals surface area contributed by atoms with Gasteiger partial charge in [0.05, 0.1) is 11.0 Å². The van der Waals surface area contributed by atoms with Gasteiger partial charge < -0.3 is 0 Å². The topological polar surface area (TPSA) is 59.7 Å². The molecule has 2 aromatic heterocycles. The summed E-state index contributed by atoms with van der Waals surface area (Å²) in [5.41, 5.74) is 3.62. The maximum atomic E-state index is 6.37. The highest BCUT2D eigenvalue weighted by Crippen LogP contribution is 2.32. The molecular formula is C23H17ClN6. The molecule has 0 aliphatic heterocycles. The van der Waals surface area contributed by atoms with E-state index in [0.29, 0.717) is 11.9 Å². The van der Waals surface area contributed by atoms with Gasteiger partial charge in [0.2, 0.25) is 17.2 Å². The Labute approximate surface area is 178 Å². The van der Waals surface area contributed by atoms with Gasteiger partial charge in [0, 0.05) is 11.4 Å². The molecule has 7 heteroatoms. The number of aromatic nitrogens is 5. The highest BCUT2D eigenvalue weighted by atomic mass is 35.5. The van der Waals surface area contributed by atoms with Gasteiger partial charge >= 0.3 is 0 Å².